The molecule has 0 heterocycles. The highest BCUT2D eigenvalue weighted by Crippen LogP contribution is 2.25. The van der Waals surface area contributed by atoms with Crippen LogP contribution in [0.3, 0.4) is 0 Å². The van der Waals surface area contributed by atoms with Gasteiger partial charge in [0.15, 0.2) is 0 Å². The predicted octanol–water partition coefficient (Wildman–Crippen LogP) is 2.97. The Labute approximate surface area is 110 Å². The van der Waals surface area contributed by atoms with Gasteiger partial charge in [-0.2, -0.15) is 13.2 Å². The average Bonchev–Trinajstić information content (AvgIpc) is 2.28. The summed E-state index contributed by atoms with van der Waals surface area (Å²) in [5, 5.41) is 0. The molecule has 2 N–H and O–H groups in total. The first-order chi connectivity index (χ1) is 8.79. The largest absolute Gasteiger partial charge is 0.491 e. The van der Waals surface area contributed by atoms with E-state index in [-0.39, 0.29) is 19.3 Å². The molecule has 0 spiro atoms. The molecular formula is C13H18F3NO2. The van der Waals surface area contributed by atoms with E-state index in [0.717, 1.165) is 11.1 Å². The van der Waals surface area contributed by atoms with Crippen LogP contribution in [0.1, 0.15) is 24.1 Å². The molecule has 1 rings (SSSR count). The molecule has 0 bridgehead atoms. The van der Waals surface area contributed by atoms with Crippen LogP contribution in [0.15, 0.2) is 18.2 Å². The smallest absolute Gasteiger partial charge is 0.411 e. The van der Waals surface area contributed by atoms with Crippen molar-refractivity contribution >= 4 is 0 Å². The van der Waals surface area contributed by atoms with Gasteiger partial charge in [-0.05, 0) is 19.9 Å². The van der Waals surface area contributed by atoms with Gasteiger partial charge in [0.2, 0.25) is 0 Å². The van der Waals surface area contributed by atoms with Crippen LogP contribution in [-0.2, 0) is 4.74 Å². The molecule has 0 amide bonds. The first kappa shape index (κ1) is 15.8. The van der Waals surface area contributed by atoms with Gasteiger partial charge in [-0.3, -0.25) is 0 Å². The lowest BCUT2D eigenvalue weighted by molar-refractivity contribution is -0.175. The highest BCUT2D eigenvalue weighted by atomic mass is 19.4. The quantitative estimate of drug-likeness (QED) is 0.813. The lowest BCUT2D eigenvalue weighted by Gasteiger charge is -2.15. The summed E-state index contributed by atoms with van der Waals surface area (Å²) in [6.45, 7) is 2.43. The number of nitrogens with two attached hydrogens (primary N) is 1. The molecule has 1 atom stereocenters. The Morgan fingerprint density at radius 2 is 1.95 bits per heavy atom. The van der Waals surface area contributed by atoms with E-state index in [0.29, 0.717) is 5.75 Å². The topological polar surface area (TPSA) is 44.5 Å². The second-order valence-electron chi connectivity index (χ2n) is 4.35. The zero-order chi connectivity index (χ0) is 14.5. The first-order valence-electron chi connectivity index (χ1n) is 5.93. The summed E-state index contributed by atoms with van der Waals surface area (Å²) in [6, 6.07) is 5.32. The Kier molecular flexibility index (Phi) is 5.62. The molecule has 3 nitrogen and oxygen atoms in total. The van der Waals surface area contributed by atoms with Gasteiger partial charge in [0, 0.05) is 11.6 Å². The second-order valence-corrected chi connectivity index (χ2v) is 4.35. The third-order valence-corrected chi connectivity index (χ3v) is 2.41. The summed E-state index contributed by atoms with van der Waals surface area (Å²) in [7, 11) is 0. The van der Waals surface area contributed by atoms with Gasteiger partial charge in [0.1, 0.15) is 19.0 Å². The van der Waals surface area contributed by atoms with Gasteiger partial charge < -0.3 is 15.2 Å². The Morgan fingerprint density at radius 3 is 2.53 bits per heavy atom. The van der Waals surface area contributed by atoms with E-state index in [2.05, 4.69) is 4.74 Å². The summed E-state index contributed by atoms with van der Waals surface area (Å²) >= 11 is 0. The van der Waals surface area contributed by atoms with Gasteiger partial charge in [-0.1, -0.05) is 17.7 Å². The molecule has 0 radical (unpaired) electrons. The van der Waals surface area contributed by atoms with Crippen molar-refractivity contribution in [2.24, 2.45) is 5.73 Å². The third kappa shape index (κ3) is 5.94. The van der Waals surface area contributed by atoms with E-state index < -0.39 is 12.8 Å². The summed E-state index contributed by atoms with van der Waals surface area (Å²) in [5.74, 6) is 0.580. The molecule has 19 heavy (non-hydrogen) atoms. The van der Waals surface area contributed by atoms with Crippen LogP contribution in [0.5, 0.6) is 5.75 Å². The molecule has 108 valence electrons. The van der Waals surface area contributed by atoms with Gasteiger partial charge in [0.05, 0.1) is 6.61 Å². The van der Waals surface area contributed by atoms with Gasteiger partial charge in [0.25, 0.3) is 0 Å². The van der Waals surface area contributed by atoms with E-state index in [1.165, 1.54) is 0 Å². The van der Waals surface area contributed by atoms with Crippen LogP contribution in [0.2, 0.25) is 0 Å². The zero-order valence-corrected chi connectivity index (χ0v) is 11.0. The SMILES string of the molecule is Cc1ccc(OCCOCC(F)(F)F)c([C@H](C)N)c1. The molecule has 1 aromatic carbocycles. The maximum absolute atomic E-state index is 11.8. The number of rotatable bonds is 6. The van der Waals surface area contributed by atoms with E-state index in [9.17, 15) is 13.2 Å². The molecule has 0 fully saturated rings. The minimum absolute atomic E-state index is 0.0544. The minimum Gasteiger partial charge on any atom is -0.491 e. The molecule has 0 aliphatic heterocycles. The lowest BCUT2D eigenvalue weighted by atomic mass is 10.1. The summed E-state index contributed by atoms with van der Waals surface area (Å²) in [5.41, 5.74) is 7.69. The fourth-order valence-electron chi connectivity index (χ4n) is 1.55. The number of aryl methyl sites for hydroxylation is 1. The number of benzene rings is 1. The molecule has 0 unspecified atom stereocenters. The zero-order valence-electron chi connectivity index (χ0n) is 11.0. The minimum atomic E-state index is -4.30. The van der Waals surface area contributed by atoms with Crippen LogP contribution < -0.4 is 10.5 Å². The van der Waals surface area contributed by atoms with E-state index >= 15 is 0 Å². The van der Waals surface area contributed by atoms with Crippen molar-refractivity contribution in [1.82, 2.24) is 0 Å². The van der Waals surface area contributed by atoms with Crippen LogP contribution in [0.4, 0.5) is 13.2 Å². The number of halogens is 3. The number of ether oxygens (including phenoxy) is 2. The Hall–Kier alpha value is -1.27. The average molecular weight is 277 g/mol. The number of hydrogen-bond donors (Lipinski definition) is 1. The number of alkyl halides is 3. The molecule has 0 saturated heterocycles. The molecule has 0 aliphatic rings. The van der Waals surface area contributed by atoms with Crippen molar-refractivity contribution in [1.29, 1.82) is 0 Å². The van der Waals surface area contributed by atoms with Crippen molar-refractivity contribution in [3.8, 4) is 5.75 Å². The van der Waals surface area contributed by atoms with E-state index in [4.69, 9.17) is 10.5 Å². The molecule has 6 heteroatoms. The maximum Gasteiger partial charge on any atom is 0.411 e. The first-order valence-corrected chi connectivity index (χ1v) is 5.93. The van der Waals surface area contributed by atoms with Crippen molar-refractivity contribution < 1.29 is 22.6 Å². The highest BCUT2D eigenvalue weighted by molar-refractivity contribution is 5.38. The maximum atomic E-state index is 11.8. The van der Waals surface area contributed by atoms with Crippen LogP contribution in [0, 0.1) is 6.92 Å². The van der Waals surface area contributed by atoms with Crippen molar-refractivity contribution in [2.45, 2.75) is 26.1 Å². The molecule has 0 aromatic heterocycles. The molecule has 1 aromatic rings. The van der Waals surface area contributed by atoms with Crippen LogP contribution in [-0.4, -0.2) is 26.0 Å². The fraction of sp³-hybridized carbons (Fsp3) is 0.538. The van der Waals surface area contributed by atoms with Gasteiger partial charge >= 0.3 is 6.18 Å². The van der Waals surface area contributed by atoms with Gasteiger partial charge in [-0.15, -0.1) is 0 Å². The Bertz CT molecular complexity index is 405. The summed E-state index contributed by atoms with van der Waals surface area (Å²) < 4.78 is 45.4. The van der Waals surface area contributed by atoms with Crippen LogP contribution in [0.25, 0.3) is 0 Å². The highest BCUT2D eigenvalue weighted by Gasteiger charge is 2.27. The van der Waals surface area contributed by atoms with Crippen molar-refractivity contribution in [3.63, 3.8) is 0 Å². The molecular weight excluding hydrogens is 259 g/mol. The van der Waals surface area contributed by atoms with Gasteiger partial charge in [-0.25, -0.2) is 0 Å². The Morgan fingerprint density at radius 1 is 1.26 bits per heavy atom. The summed E-state index contributed by atoms with van der Waals surface area (Å²) in [4.78, 5) is 0. The number of hydrogen-bond acceptors (Lipinski definition) is 3. The van der Waals surface area contributed by atoms with Crippen molar-refractivity contribution in [2.75, 3.05) is 19.8 Å². The second kappa shape index (κ2) is 6.77. The Balaban J connectivity index is 2.45. The van der Waals surface area contributed by atoms with E-state index in [1.54, 1.807) is 6.07 Å². The molecule has 0 aliphatic carbocycles. The van der Waals surface area contributed by atoms with Crippen molar-refractivity contribution in [3.05, 3.63) is 29.3 Å². The standard InChI is InChI=1S/C13H18F3NO2/c1-9-3-4-12(11(7-9)10(2)17)19-6-5-18-8-13(14,15)16/h3-4,7,10H,5-6,8,17H2,1-2H3/t10-/m0/s1. The molecule has 0 saturated carbocycles. The summed E-state index contributed by atoms with van der Waals surface area (Å²) in [6.07, 6.45) is -4.30. The monoisotopic (exact) mass is 277 g/mol. The predicted molar refractivity (Wildman–Crippen MR) is 66.2 cm³/mol. The normalized spacial score (nSPS) is 13.4. The van der Waals surface area contributed by atoms with E-state index in [1.807, 2.05) is 26.0 Å². The van der Waals surface area contributed by atoms with Crippen LogP contribution >= 0.6 is 0 Å². The fourth-order valence-corrected chi connectivity index (χ4v) is 1.55. The lowest BCUT2D eigenvalue weighted by Crippen LogP contribution is -2.19. The third-order valence-electron chi connectivity index (χ3n) is 2.41.